The molecule has 2 fully saturated rings. The molecule has 2 amide bonds. The van der Waals surface area contributed by atoms with Crippen molar-refractivity contribution in [3.05, 3.63) is 47.7 Å². The molecule has 2 aliphatic rings. The molecule has 4 N–H and O–H groups in total. The van der Waals surface area contributed by atoms with Gasteiger partial charge in [0.2, 0.25) is 0 Å². The van der Waals surface area contributed by atoms with Gasteiger partial charge in [-0.05, 0) is 56.9 Å². The summed E-state index contributed by atoms with van der Waals surface area (Å²) in [4.78, 5) is 32.4. The number of nitrogens with two attached hydrogens (primary N) is 1. The molecule has 0 radical (unpaired) electrons. The number of nitrogens with one attached hydrogen (secondary N) is 2. The number of nitrogens with zero attached hydrogens (tertiary/aromatic N) is 5. The smallest absolute Gasteiger partial charge is 0.350 e. The summed E-state index contributed by atoms with van der Waals surface area (Å²) in [6.45, 7) is 2.18. The fraction of sp³-hybridized carbons (Fsp3) is 0.370. The minimum atomic E-state index is -4.59. The lowest BCUT2D eigenvalue weighted by Crippen LogP contribution is -2.48. The number of fused-ring (bicyclic) bond motifs is 3. The van der Waals surface area contributed by atoms with Crippen LogP contribution in [0.4, 0.5) is 29.6 Å². The number of anilines is 2. The molecule has 4 aromatic heterocycles. The maximum Gasteiger partial charge on any atom is 0.434 e. The van der Waals surface area contributed by atoms with Crippen molar-refractivity contribution in [2.75, 3.05) is 16.8 Å². The number of hydrogen-bond donors (Lipinski definition) is 3. The third-order valence-electron chi connectivity index (χ3n) is 7.38. The van der Waals surface area contributed by atoms with E-state index in [2.05, 4.69) is 30.5 Å². The summed E-state index contributed by atoms with van der Waals surface area (Å²) in [6, 6.07) is 7.24. The molecule has 13 heteroatoms. The molecule has 9 nitrogen and oxygen atoms in total. The largest absolute Gasteiger partial charge is 0.434 e. The zero-order valence-electron chi connectivity index (χ0n) is 21.6. The van der Waals surface area contributed by atoms with Crippen molar-refractivity contribution in [2.24, 2.45) is 5.73 Å². The number of rotatable bonds is 5. The monoisotopic (exact) mass is 568 g/mol. The number of hydrogen-bond acceptors (Lipinski definition) is 8. The van der Waals surface area contributed by atoms with E-state index in [-0.39, 0.29) is 29.0 Å². The van der Waals surface area contributed by atoms with Crippen molar-refractivity contribution in [1.29, 1.82) is 0 Å². The highest BCUT2D eigenvalue weighted by molar-refractivity contribution is 7.13. The van der Waals surface area contributed by atoms with Crippen molar-refractivity contribution in [2.45, 2.75) is 56.9 Å². The van der Waals surface area contributed by atoms with Gasteiger partial charge < -0.3 is 16.0 Å². The molecule has 0 aromatic carbocycles. The highest BCUT2D eigenvalue weighted by atomic mass is 32.1. The van der Waals surface area contributed by atoms with E-state index < -0.39 is 17.9 Å². The van der Waals surface area contributed by atoms with Gasteiger partial charge in [0.25, 0.3) is 0 Å². The first-order valence-electron chi connectivity index (χ1n) is 13.1. The number of alkyl halides is 3. The van der Waals surface area contributed by atoms with Gasteiger partial charge in [-0.1, -0.05) is 0 Å². The zero-order chi connectivity index (χ0) is 28.0. The molecule has 2 bridgehead atoms. The Labute approximate surface area is 232 Å². The van der Waals surface area contributed by atoms with Gasteiger partial charge in [0.1, 0.15) is 16.6 Å². The topological polar surface area (TPSA) is 122 Å². The van der Waals surface area contributed by atoms with Crippen molar-refractivity contribution in [1.82, 2.24) is 25.3 Å². The quantitative estimate of drug-likeness (QED) is 0.293. The number of pyridine rings is 3. The van der Waals surface area contributed by atoms with Crippen LogP contribution in [0.1, 0.15) is 38.3 Å². The first-order valence-corrected chi connectivity index (χ1v) is 14.0. The molecule has 208 valence electrons. The Morgan fingerprint density at radius 3 is 2.58 bits per heavy atom. The van der Waals surface area contributed by atoms with Gasteiger partial charge >= 0.3 is 12.2 Å². The molecule has 6 rings (SSSR count). The fourth-order valence-electron chi connectivity index (χ4n) is 5.71. The molecule has 40 heavy (non-hydrogen) atoms. The van der Waals surface area contributed by atoms with Crippen LogP contribution in [0, 0.1) is 0 Å². The summed E-state index contributed by atoms with van der Waals surface area (Å²) >= 11 is 0.882. The Kier molecular flexibility index (Phi) is 6.78. The van der Waals surface area contributed by atoms with Gasteiger partial charge in [0.05, 0.1) is 11.0 Å². The molecule has 2 saturated heterocycles. The van der Waals surface area contributed by atoms with E-state index in [4.69, 9.17) is 10.7 Å². The Hall–Kier alpha value is -3.84. The molecular formula is C27H27F3N8OS. The number of amides is 2. The minimum absolute atomic E-state index is 0.118. The van der Waals surface area contributed by atoms with Crippen molar-refractivity contribution in [3.8, 4) is 21.7 Å². The van der Waals surface area contributed by atoms with Gasteiger partial charge in [-0.3, -0.25) is 10.3 Å². The van der Waals surface area contributed by atoms with Gasteiger partial charge in [-0.15, -0.1) is 11.3 Å². The van der Waals surface area contributed by atoms with E-state index in [1.54, 1.807) is 25.4 Å². The van der Waals surface area contributed by atoms with E-state index >= 15 is 0 Å². The fourth-order valence-corrected chi connectivity index (χ4v) is 6.57. The summed E-state index contributed by atoms with van der Waals surface area (Å²) in [5.74, 6) is 0.908. The van der Waals surface area contributed by atoms with Crippen LogP contribution in [-0.4, -0.2) is 50.6 Å². The molecule has 2 aliphatic heterocycles. The lowest BCUT2D eigenvalue weighted by atomic mass is 9.95. The standard InChI is InChI=1S/C27H27F3N8OS/c1-2-32-26(39)37-23-11-18(25-36-22(13-40-25)27(28,29)30)19(12-34-23)17-10-21-20(4-3-7-33-21)35-24(17)38-15-5-6-16(38)9-14(31)8-15/h3-4,7,10-16H,2,5-6,8-9,31H2,1H3,(H2,32,34,37,39)/t14?,15-,16+. The van der Waals surface area contributed by atoms with E-state index in [1.807, 2.05) is 18.2 Å². The number of piperidine rings is 1. The van der Waals surface area contributed by atoms with E-state index in [1.165, 1.54) is 0 Å². The second kappa shape index (κ2) is 10.3. The molecule has 1 unspecified atom stereocenters. The van der Waals surface area contributed by atoms with E-state index in [9.17, 15) is 18.0 Å². The minimum Gasteiger partial charge on any atom is -0.350 e. The third-order valence-corrected chi connectivity index (χ3v) is 8.25. The maximum atomic E-state index is 13.5. The van der Waals surface area contributed by atoms with Crippen molar-refractivity contribution < 1.29 is 18.0 Å². The summed E-state index contributed by atoms with van der Waals surface area (Å²) in [5, 5.41) is 6.42. The summed E-state index contributed by atoms with van der Waals surface area (Å²) in [6.07, 6.45) is 2.30. The van der Waals surface area contributed by atoms with Crippen LogP contribution in [0.3, 0.4) is 0 Å². The van der Waals surface area contributed by atoms with Crippen LogP contribution in [0.25, 0.3) is 32.7 Å². The Morgan fingerprint density at radius 2 is 1.88 bits per heavy atom. The predicted molar refractivity (Wildman–Crippen MR) is 148 cm³/mol. The van der Waals surface area contributed by atoms with Gasteiger partial charge in [-0.25, -0.2) is 19.7 Å². The number of carbonyl (C=O) groups excluding carboxylic acids is 1. The van der Waals surface area contributed by atoms with Crippen LogP contribution in [-0.2, 0) is 6.18 Å². The van der Waals surface area contributed by atoms with E-state index in [0.29, 0.717) is 34.3 Å². The van der Waals surface area contributed by atoms with Crippen LogP contribution in [0.5, 0.6) is 0 Å². The van der Waals surface area contributed by atoms with Crippen molar-refractivity contribution in [3.63, 3.8) is 0 Å². The number of aromatic nitrogens is 4. The molecule has 0 spiro atoms. The lowest BCUT2D eigenvalue weighted by molar-refractivity contribution is -0.140. The second-order valence-corrected chi connectivity index (χ2v) is 10.9. The van der Waals surface area contributed by atoms with Crippen molar-refractivity contribution >= 4 is 40.0 Å². The third kappa shape index (κ3) is 4.94. The van der Waals surface area contributed by atoms with Crippen LogP contribution in [0.15, 0.2) is 42.0 Å². The van der Waals surface area contributed by atoms with Crippen LogP contribution in [0.2, 0.25) is 0 Å². The number of thiazole rings is 1. The van der Waals surface area contributed by atoms with Gasteiger partial charge in [-0.2, -0.15) is 13.2 Å². The maximum absolute atomic E-state index is 13.5. The molecule has 0 aliphatic carbocycles. The lowest BCUT2D eigenvalue weighted by Gasteiger charge is -2.39. The SMILES string of the molecule is CCNC(=O)Nc1cc(-c2nc(C(F)(F)F)cs2)c(-c2cc3ncccc3nc2N2[C@@H]3CC[C@H]2CC(N)C3)cn1. The Morgan fingerprint density at radius 1 is 1.10 bits per heavy atom. The highest BCUT2D eigenvalue weighted by Gasteiger charge is 2.42. The summed E-state index contributed by atoms with van der Waals surface area (Å²) < 4.78 is 40.5. The average Bonchev–Trinajstić information content (AvgIpc) is 3.52. The zero-order valence-corrected chi connectivity index (χ0v) is 22.4. The van der Waals surface area contributed by atoms with Gasteiger partial charge in [0, 0.05) is 59.1 Å². The van der Waals surface area contributed by atoms with E-state index in [0.717, 1.165) is 48.2 Å². The number of urea groups is 1. The molecule has 4 aromatic rings. The predicted octanol–water partition coefficient (Wildman–Crippen LogP) is 5.43. The molecule has 3 atom stereocenters. The molecule has 0 saturated carbocycles. The van der Waals surface area contributed by atoms with Crippen LogP contribution < -0.4 is 21.3 Å². The first kappa shape index (κ1) is 26.4. The average molecular weight is 569 g/mol. The number of halogens is 3. The van der Waals surface area contributed by atoms with Crippen LogP contribution >= 0.6 is 11.3 Å². The summed E-state index contributed by atoms with van der Waals surface area (Å²) in [5.41, 5.74) is 8.37. The Balaban J connectivity index is 1.54. The highest BCUT2D eigenvalue weighted by Crippen LogP contribution is 2.46. The second-order valence-electron chi connectivity index (χ2n) is 10.1. The molecule has 6 heterocycles. The van der Waals surface area contributed by atoms with Gasteiger partial charge in [0.15, 0.2) is 5.69 Å². The first-order chi connectivity index (χ1) is 19.2. The number of carbonyl (C=O) groups is 1. The summed E-state index contributed by atoms with van der Waals surface area (Å²) in [7, 11) is 0. The Bertz CT molecular complexity index is 1560. The normalized spacial score (nSPS) is 20.6. The molecular weight excluding hydrogens is 541 g/mol.